The van der Waals surface area contributed by atoms with E-state index in [0.717, 1.165) is 48.0 Å². The molecular formula is C13H18N4OS. The third-order valence-corrected chi connectivity index (χ3v) is 4.33. The van der Waals surface area contributed by atoms with Gasteiger partial charge in [0.25, 0.3) is 0 Å². The van der Waals surface area contributed by atoms with Crippen molar-refractivity contribution in [2.24, 2.45) is 0 Å². The van der Waals surface area contributed by atoms with Gasteiger partial charge >= 0.3 is 0 Å². The van der Waals surface area contributed by atoms with E-state index in [9.17, 15) is 0 Å². The molecule has 1 fully saturated rings. The minimum atomic E-state index is 0.487. The molecule has 6 heteroatoms. The lowest BCUT2D eigenvalue weighted by atomic mass is 10.2. The van der Waals surface area contributed by atoms with Crippen molar-refractivity contribution < 1.29 is 4.74 Å². The Morgan fingerprint density at radius 1 is 1.53 bits per heavy atom. The highest BCUT2D eigenvalue weighted by Gasteiger charge is 2.21. The maximum absolute atomic E-state index is 5.43. The van der Waals surface area contributed by atoms with Crippen molar-refractivity contribution in [2.45, 2.75) is 19.0 Å². The zero-order valence-electron chi connectivity index (χ0n) is 11.2. The standard InChI is InChI=1S/C13H18N4OS/c1-14-12-10-4-6-19-13(10)16-11(15-12)7-17(2)9-3-5-18-8-9/h4,6,9H,3,5,7-8H2,1-2H3,(H,14,15,16). The van der Waals surface area contributed by atoms with Gasteiger partial charge in [-0.1, -0.05) is 0 Å². The molecule has 0 radical (unpaired) electrons. The van der Waals surface area contributed by atoms with Crippen molar-refractivity contribution in [3.8, 4) is 0 Å². The number of anilines is 1. The molecule has 0 aromatic carbocycles. The minimum absolute atomic E-state index is 0.487. The van der Waals surface area contributed by atoms with Crippen LogP contribution in [-0.2, 0) is 11.3 Å². The monoisotopic (exact) mass is 278 g/mol. The van der Waals surface area contributed by atoms with Gasteiger partial charge in [-0.3, -0.25) is 4.90 Å². The summed E-state index contributed by atoms with van der Waals surface area (Å²) in [5.74, 6) is 1.78. The van der Waals surface area contributed by atoms with Crippen molar-refractivity contribution >= 4 is 27.4 Å². The number of ether oxygens (including phenoxy) is 1. The first-order valence-electron chi connectivity index (χ1n) is 6.48. The van der Waals surface area contributed by atoms with Crippen molar-refractivity contribution in [1.29, 1.82) is 0 Å². The Kier molecular flexibility index (Phi) is 3.63. The normalized spacial score (nSPS) is 19.4. The summed E-state index contributed by atoms with van der Waals surface area (Å²) in [5, 5.41) is 6.31. The summed E-state index contributed by atoms with van der Waals surface area (Å²) < 4.78 is 5.43. The van der Waals surface area contributed by atoms with Crippen LogP contribution in [0, 0.1) is 0 Å². The van der Waals surface area contributed by atoms with E-state index in [2.05, 4.69) is 38.7 Å². The van der Waals surface area contributed by atoms with Crippen LogP contribution in [0.1, 0.15) is 12.2 Å². The average Bonchev–Trinajstić information content (AvgIpc) is 3.08. The van der Waals surface area contributed by atoms with E-state index in [4.69, 9.17) is 4.74 Å². The Labute approximate surface area is 116 Å². The lowest BCUT2D eigenvalue weighted by Gasteiger charge is -2.21. The molecule has 19 heavy (non-hydrogen) atoms. The third kappa shape index (κ3) is 2.56. The van der Waals surface area contributed by atoms with Gasteiger partial charge in [-0.15, -0.1) is 11.3 Å². The number of hydrogen-bond donors (Lipinski definition) is 1. The second-order valence-electron chi connectivity index (χ2n) is 4.81. The number of aromatic nitrogens is 2. The fourth-order valence-electron chi connectivity index (χ4n) is 2.38. The van der Waals surface area contributed by atoms with Gasteiger partial charge in [0.05, 0.1) is 18.5 Å². The Morgan fingerprint density at radius 3 is 3.16 bits per heavy atom. The molecule has 1 aliphatic heterocycles. The smallest absolute Gasteiger partial charge is 0.146 e. The predicted octanol–water partition coefficient (Wildman–Crippen LogP) is 1.95. The molecule has 5 nitrogen and oxygen atoms in total. The van der Waals surface area contributed by atoms with E-state index < -0.39 is 0 Å². The fourth-order valence-corrected chi connectivity index (χ4v) is 3.17. The van der Waals surface area contributed by atoms with Crippen LogP contribution < -0.4 is 5.32 Å². The molecule has 3 rings (SSSR count). The lowest BCUT2D eigenvalue weighted by molar-refractivity contribution is 0.155. The molecule has 2 aromatic rings. The quantitative estimate of drug-likeness (QED) is 0.926. The summed E-state index contributed by atoms with van der Waals surface area (Å²) in [6.07, 6.45) is 1.09. The van der Waals surface area contributed by atoms with Crippen LogP contribution >= 0.6 is 11.3 Å². The van der Waals surface area contributed by atoms with Gasteiger partial charge in [-0.05, 0) is 24.9 Å². The van der Waals surface area contributed by atoms with Gasteiger partial charge in [0.15, 0.2) is 0 Å². The van der Waals surface area contributed by atoms with E-state index in [-0.39, 0.29) is 0 Å². The van der Waals surface area contributed by atoms with Gasteiger partial charge in [-0.2, -0.15) is 0 Å². The largest absolute Gasteiger partial charge is 0.380 e. The first kappa shape index (κ1) is 12.8. The molecule has 0 amide bonds. The van der Waals surface area contributed by atoms with E-state index in [1.54, 1.807) is 11.3 Å². The maximum Gasteiger partial charge on any atom is 0.146 e. The number of rotatable bonds is 4. The maximum atomic E-state index is 5.43. The van der Waals surface area contributed by atoms with Gasteiger partial charge in [0.1, 0.15) is 16.5 Å². The van der Waals surface area contributed by atoms with Crippen LogP contribution in [0.5, 0.6) is 0 Å². The summed E-state index contributed by atoms with van der Waals surface area (Å²) >= 11 is 1.66. The Hall–Kier alpha value is -1.24. The molecule has 0 aliphatic carbocycles. The summed E-state index contributed by atoms with van der Waals surface area (Å²) in [6.45, 7) is 2.44. The SMILES string of the molecule is CNc1nc(CN(C)C2CCOC2)nc2sccc12. The Morgan fingerprint density at radius 2 is 2.42 bits per heavy atom. The van der Waals surface area contributed by atoms with E-state index in [1.165, 1.54) is 0 Å². The van der Waals surface area contributed by atoms with E-state index in [0.29, 0.717) is 6.04 Å². The summed E-state index contributed by atoms with van der Waals surface area (Å²) in [6, 6.07) is 2.55. The van der Waals surface area contributed by atoms with Crippen molar-refractivity contribution in [3.05, 3.63) is 17.3 Å². The lowest BCUT2D eigenvalue weighted by Crippen LogP contribution is -2.32. The van der Waals surface area contributed by atoms with Crippen LogP contribution in [0.25, 0.3) is 10.2 Å². The van der Waals surface area contributed by atoms with Crippen molar-refractivity contribution in [2.75, 3.05) is 32.6 Å². The van der Waals surface area contributed by atoms with Gasteiger partial charge < -0.3 is 10.1 Å². The second kappa shape index (κ2) is 5.40. The summed E-state index contributed by atoms with van der Waals surface area (Å²) in [5.41, 5.74) is 0. The fraction of sp³-hybridized carbons (Fsp3) is 0.538. The first-order valence-corrected chi connectivity index (χ1v) is 7.35. The Bertz CT molecular complexity index is 565. The second-order valence-corrected chi connectivity index (χ2v) is 5.70. The molecular weight excluding hydrogens is 260 g/mol. The number of likely N-dealkylation sites (N-methyl/N-ethyl adjacent to an activating group) is 1. The molecule has 1 saturated heterocycles. The average molecular weight is 278 g/mol. The van der Waals surface area contributed by atoms with Crippen LogP contribution in [0.15, 0.2) is 11.4 Å². The number of nitrogens with zero attached hydrogens (tertiary/aromatic N) is 3. The molecule has 0 saturated carbocycles. The van der Waals surface area contributed by atoms with Crippen LogP contribution in [-0.4, -0.2) is 48.2 Å². The molecule has 1 aliphatic rings. The minimum Gasteiger partial charge on any atom is -0.380 e. The van der Waals surface area contributed by atoms with Crippen LogP contribution in [0.4, 0.5) is 5.82 Å². The predicted molar refractivity (Wildman–Crippen MR) is 77.7 cm³/mol. The molecule has 1 N–H and O–H groups in total. The molecule has 102 valence electrons. The topological polar surface area (TPSA) is 50.3 Å². The van der Waals surface area contributed by atoms with Crippen molar-refractivity contribution in [1.82, 2.24) is 14.9 Å². The third-order valence-electron chi connectivity index (χ3n) is 3.53. The number of nitrogens with one attached hydrogen (secondary N) is 1. The van der Waals surface area contributed by atoms with Crippen molar-refractivity contribution in [3.63, 3.8) is 0 Å². The molecule has 3 heterocycles. The molecule has 0 bridgehead atoms. The van der Waals surface area contributed by atoms with E-state index in [1.807, 2.05) is 7.05 Å². The summed E-state index contributed by atoms with van der Waals surface area (Å²) in [4.78, 5) is 12.6. The summed E-state index contributed by atoms with van der Waals surface area (Å²) in [7, 11) is 4.01. The zero-order chi connectivity index (χ0) is 13.2. The highest BCUT2D eigenvalue weighted by Crippen LogP contribution is 2.25. The highest BCUT2D eigenvalue weighted by atomic mass is 32.1. The van der Waals surface area contributed by atoms with Crippen LogP contribution in [0.2, 0.25) is 0 Å². The first-order chi connectivity index (χ1) is 9.28. The van der Waals surface area contributed by atoms with Gasteiger partial charge in [0.2, 0.25) is 0 Å². The van der Waals surface area contributed by atoms with Crippen LogP contribution in [0.3, 0.4) is 0 Å². The zero-order valence-corrected chi connectivity index (χ0v) is 12.0. The highest BCUT2D eigenvalue weighted by molar-refractivity contribution is 7.16. The number of hydrogen-bond acceptors (Lipinski definition) is 6. The van der Waals surface area contributed by atoms with Gasteiger partial charge in [0, 0.05) is 19.7 Å². The van der Waals surface area contributed by atoms with Gasteiger partial charge in [-0.25, -0.2) is 9.97 Å². The molecule has 1 unspecified atom stereocenters. The Balaban J connectivity index is 1.83. The number of fused-ring (bicyclic) bond motifs is 1. The molecule has 1 atom stereocenters. The molecule has 2 aromatic heterocycles. The van der Waals surface area contributed by atoms with E-state index >= 15 is 0 Å². The molecule has 0 spiro atoms. The number of thiophene rings is 1.